The lowest BCUT2D eigenvalue weighted by Crippen LogP contribution is -2.11. The van der Waals surface area contributed by atoms with Gasteiger partial charge in [0.2, 0.25) is 0 Å². The van der Waals surface area contributed by atoms with Gasteiger partial charge in [-0.3, -0.25) is 0 Å². The first-order valence-corrected chi connectivity index (χ1v) is 5.51. The topological polar surface area (TPSA) is 29.5 Å². The predicted molar refractivity (Wildman–Crippen MR) is 60.5 cm³/mol. The Morgan fingerprint density at radius 3 is 2.86 bits per heavy atom. The minimum atomic E-state index is 0.0763. The molecular formula is C11H15BrO2. The standard InChI is InChI=1S/C11H15BrO2/c1-2-14-8-10(7-13)9-4-3-5-11(12)6-9/h3-6,10,13H,2,7-8H2,1H3. The van der Waals surface area contributed by atoms with Crippen LogP contribution in [-0.4, -0.2) is 24.9 Å². The van der Waals surface area contributed by atoms with Gasteiger partial charge in [0.1, 0.15) is 0 Å². The molecule has 1 atom stereocenters. The molecule has 78 valence electrons. The van der Waals surface area contributed by atoms with Crippen LogP contribution in [0.5, 0.6) is 0 Å². The van der Waals surface area contributed by atoms with Gasteiger partial charge in [0.25, 0.3) is 0 Å². The van der Waals surface area contributed by atoms with Crippen LogP contribution in [0.4, 0.5) is 0 Å². The first-order chi connectivity index (χ1) is 6.77. The van der Waals surface area contributed by atoms with Crippen molar-refractivity contribution in [3.8, 4) is 0 Å². The van der Waals surface area contributed by atoms with Gasteiger partial charge >= 0.3 is 0 Å². The molecule has 0 saturated heterocycles. The molecule has 3 heteroatoms. The zero-order valence-corrected chi connectivity index (χ0v) is 9.83. The highest BCUT2D eigenvalue weighted by Crippen LogP contribution is 2.19. The Balaban J connectivity index is 2.68. The molecule has 0 saturated carbocycles. The van der Waals surface area contributed by atoms with E-state index in [0.29, 0.717) is 13.2 Å². The van der Waals surface area contributed by atoms with Crippen LogP contribution in [-0.2, 0) is 4.74 Å². The maximum Gasteiger partial charge on any atom is 0.0556 e. The second-order valence-corrected chi connectivity index (χ2v) is 4.01. The Morgan fingerprint density at radius 2 is 2.29 bits per heavy atom. The van der Waals surface area contributed by atoms with Crippen molar-refractivity contribution in [2.24, 2.45) is 0 Å². The molecule has 0 aliphatic carbocycles. The molecular weight excluding hydrogens is 244 g/mol. The summed E-state index contributed by atoms with van der Waals surface area (Å²) in [6.07, 6.45) is 0. The van der Waals surface area contributed by atoms with E-state index in [4.69, 9.17) is 4.74 Å². The largest absolute Gasteiger partial charge is 0.396 e. The van der Waals surface area contributed by atoms with Crippen molar-refractivity contribution >= 4 is 15.9 Å². The van der Waals surface area contributed by atoms with Crippen molar-refractivity contribution in [2.75, 3.05) is 19.8 Å². The molecule has 1 rings (SSSR count). The second-order valence-electron chi connectivity index (χ2n) is 3.09. The van der Waals surface area contributed by atoms with Crippen LogP contribution in [0.25, 0.3) is 0 Å². The number of benzene rings is 1. The highest BCUT2D eigenvalue weighted by Gasteiger charge is 2.10. The lowest BCUT2D eigenvalue weighted by molar-refractivity contribution is 0.109. The Hall–Kier alpha value is -0.380. The van der Waals surface area contributed by atoms with Crippen LogP contribution in [0.3, 0.4) is 0 Å². The molecule has 1 aromatic rings. The summed E-state index contributed by atoms with van der Waals surface area (Å²) in [7, 11) is 0. The molecule has 0 aromatic heterocycles. The van der Waals surface area contributed by atoms with E-state index < -0.39 is 0 Å². The number of ether oxygens (including phenoxy) is 1. The van der Waals surface area contributed by atoms with Gasteiger partial charge in [-0.05, 0) is 24.6 Å². The van der Waals surface area contributed by atoms with Crippen LogP contribution >= 0.6 is 15.9 Å². The normalized spacial score (nSPS) is 12.8. The Kier molecular flexibility index (Phi) is 5.15. The molecule has 0 aliphatic rings. The van der Waals surface area contributed by atoms with Gasteiger partial charge in [-0.2, -0.15) is 0 Å². The fourth-order valence-electron chi connectivity index (χ4n) is 1.27. The third kappa shape index (κ3) is 3.40. The van der Waals surface area contributed by atoms with E-state index in [1.165, 1.54) is 0 Å². The SMILES string of the molecule is CCOCC(CO)c1cccc(Br)c1. The van der Waals surface area contributed by atoms with Gasteiger partial charge in [-0.25, -0.2) is 0 Å². The van der Waals surface area contributed by atoms with Crippen molar-refractivity contribution in [1.29, 1.82) is 0 Å². The maximum absolute atomic E-state index is 9.20. The molecule has 0 fully saturated rings. The summed E-state index contributed by atoms with van der Waals surface area (Å²) in [6, 6.07) is 7.96. The summed E-state index contributed by atoms with van der Waals surface area (Å²) in [5.41, 5.74) is 1.11. The summed E-state index contributed by atoms with van der Waals surface area (Å²) >= 11 is 3.41. The average molecular weight is 259 g/mol. The van der Waals surface area contributed by atoms with E-state index in [0.717, 1.165) is 10.0 Å². The third-order valence-electron chi connectivity index (χ3n) is 2.06. The molecule has 0 bridgehead atoms. The summed E-state index contributed by atoms with van der Waals surface area (Å²) in [6.45, 7) is 3.33. The molecule has 14 heavy (non-hydrogen) atoms. The number of aliphatic hydroxyl groups excluding tert-OH is 1. The van der Waals surface area contributed by atoms with Gasteiger partial charge in [0, 0.05) is 17.0 Å². The molecule has 1 N–H and O–H groups in total. The molecule has 0 spiro atoms. The van der Waals surface area contributed by atoms with Crippen LogP contribution < -0.4 is 0 Å². The maximum atomic E-state index is 9.20. The third-order valence-corrected chi connectivity index (χ3v) is 2.56. The van der Waals surface area contributed by atoms with Gasteiger partial charge in [0.15, 0.2) is 0 Å². The Bertz CT molecular complexity index is 276. The second kappa shape index (κ2) is 6.17. The van der Waals surface area contributed by atoms with Crippen LogP contribution in [0.1, 0.15) is 18.4 Å². The fourth-order valence-corrected chi connectivity index (χ4v) is 1.69. The molecule has 1 aromatic carbocycles. The zero-order valence-electron chi connectivity index (χ0n) is 8.24. The average Bonchev–Trinajstić information content (AvgIpc) is 2.19. The van der Waals surface area contributed by atoms with E-state index in [-0.39, 0.29) is 12.5 Å². The van der Waals surface area contributed by atoms with Crippen LogP contribution in [0.2, 0.25) is 0 Å². The number of hydrogen-bond acceptors (Lipinski definition) is 2. The van der Waals surface area contributed by atoms with Crippen LogP contribution in [0, 0.1) is 0 Å². The minimum Gasteiger partial charge on any atom is -0.396 e. The smallest absolute Gasteiger partial charge is 0.0556 e. The van der Waals surface area contributed by atoms with Gasteiger partial charge < -0.3 is 9.84 Å². The fraction of sp³-hybridized carbons (Fsp3) is 0.455. The lowest BCUT2D eigenvalue weighted by Gasteiger charge is -2.14. The van der Waals surface area contributed by atoms with E-state index in [1.807, 2.05) is 31.2 Å². The molecule has 0 heterocycles. The minimum absolute atomic E-state index is 0.0763. The predicted octanol–water partition coefficient (Wildman–Crippen LogP) is 2.56. The highest BCUT2D eigenvalue weighted by molar-refractivity contribution is 9.10. The summed E-state index contributed by atoms with van der Waals surface area (Å²) < 4.78 is 6.34. The Morgan fingerprint density at radius 1 is 1.50 bits per heavy atom. The first-order valence-electron chi connectivity index (χ1n) is 4.72. The van der Waals surface area contributed by atoms with E-state index in [2.05, 4.69) is 15.9 Å². The van der Waals surface area contributed by atoms with E-state index in [9.17, 15) is 5.11 Å². The van der Waals surface area contributed by atoms with E-state index in [1.54, 1.807) is 0 Å². The van der Waals surface area contributed by atoms with Crippen molar-refractivity contribution in [3.05, 3.63) is 34.3 Å². The first kappa shape index (κ1) is 11.7. The monoisotopic (exact) mass is 258 g/mol. The van der Waals surface area contributed by atoms with Crippen LogP contribution in [0.15, 0.2) is 28.7 Å². The van der Waals surface area contributed by atoms with Crippen molar-refractivity contribution in [2.45, 2.75) is 12.8 Å². The van der Waals surface area contributed by atoms with Crippen molar-refractivity contribution < 1.29 is 9.84 Å². The van der Waals surface area contributed by atoms with Crippen molar-refractivity contribution in [1.82, 2.24) is 0 Å². The van der Waals surface area contributed by atoms with Gasteiger partial charge in [-0.1, -0.05) is 28.1 Å². The quantitative estimate of drug-likeness (QED) is 0.880. The van der Waals surface area contributed by atoms with Gasteiger partial charge in [-0.15, -0.1) is 0 Å². The lowest BCUT2D eigenvalue weighted by atomic mass is 10.0. The van der Waals surface area contributed by atoms with E-state index >= 15 is 0 Å². The molecule has 1 unspecified atom stereocenters. The zero-order chi connectivity index (χ0) is 10.4. The van der Waals surface area contributed by atoms with Crippen molar-refractivity contribution in [3.63, 3.8) is 0 Å². The summed E-state index contributed by atoms with van der Waals surface area (Å²) in [5.74, 6) is 0.0763. The summed E-state index contributed by atoms with van der Waals surface area (Å²) in [5, 5.41) is 9.20. The highest BCUT2D eigenvalue weighted by atomic mass is 79.9. The summed E-state index contributed by atoms with van der Waals surface area (Å²) in [4.78, 5) is 0. The number of hydrogen-bond donors (Lipinski definition) is 1. The number of aliphatic hydroxyl groups is 1. The number of rotatable bonds is 5. The Labute approximate surface area is 93.0 Å². The van der Waals surface area contributed by atoms with Gasteiger partial charge in [0.05, 0.1) is 13.2 Å². The molecule has 2 nitrogen and oxygen atoms in total. The molecule has 0 radical (unpaired) electrons. The molecule has 0 aliphatic heterocycles. The molecule has 0 amide bonds. The number of halogens is 1.